The molecule has 61 heavy (non-hydrogen) atoms. The Bertz CT molecular complexity index is 3840. The fourth-order valence-corrected chi connectivity index (χ4v) is 9.60. The molecule has 9 aromatic carbocycles. The zero-order valence-corrected chi connectivity index (χ0v) is 32.8. The number of nitrogens with zero attached hydrogens (tertiary/aromatic N) is 4. The minimum absolute atomic E-state index is 0.698. The Hall–Kier alpha value is -8.28. The topological polar surface area (TPSA) is 48.8 Å². The molecule has 13 aromatic rings. The molecule has 5 heteroatoms. The molecule has 0 aliphatic rings. The van der Waals surface area contributed by atoms with Crippen LogP contribution in [0.15, 0.2) is 211 Å². The lowest BCUT2D eigenvalue weighted by molar-refractivity contribution is 0.669. The number of benzene rings is 9. The zero-order valence-electron chi connectivity index (χ0n) is 32.8. The van der Waals surface area contributed by atoms with Crippen LogP contribution in [0.1, 0.15) is 0 Å². The number of para-hydroxylation sites is 3. The van der Waals surface area contributed by atoms with Crippen LogP contribution >= 0.6 is 0 Å². The highest BCUT2D eigenvalue weighted by molar-refractivity contribution is 6.31. The van der Waals surface area contributed by atoms with Crippen molar-refractivity contribution >= 4 is 76.5 Å². The Kier molecular flexibility index (Phi) is 7.24. The third-order valence-electron chi connectivity index (χ3n) is 12.3. The van der Waals surface area contributed by atoms with Crippen molar-refractivity contribution in [2.75, 3.05) is 0 Å². The van der Waals surface area contributed by atoms with E-state index in [-0.39, 0.29) is 0 Å². The van der Waals surface area contributed by atoms with E-state index in [2.05, 4.69) is 197 Å². The van der Waals surface area contributed by atoms with E-state index in [1.165, 1.54) is 32.7 Å². The maximum absolute atomic E-state index is 6.50. The Morgan fingerprint density at radius 3 is 1.67 bits per heavy atom. The molecule has 0 N–H and O–H groups in total. The van der Waals surface area contributed by atoms with Crippen molar-refractivity contribution in [2.24, 2.45) is 0 Å². The Morgan fingerprint density at radius 1 is 0.328 bits per heavy atom. The van der Waals surface area contributed by atoms with Crippen molar-refractivity contribution in [3.8, 4) is 45.1 Å². The number of hydrogen-bond acceptors (Lipinski definition) is 3. The summed E-state index contributed by atoms with van der Waals surface area (Å²) in [6.07, 6.45) is 0. The number of furan rings is 1. The second kappa shape index (κ2) is 13.1. The molecule has 284 valence electrons. The average Bonchev–Trinajstić information content (AvgIpc) is 3.99. The molecule has 13 rings (SSSR count). The minimum Gasteiger partial charge on any atom is -0.456 e. The number of fused-ring (bicyclic) bond motifs is 12. The molecule has 0 aliphatic heterocycles. The molecule has 4 aromatic heterocycles. The predicted octanol–water partition coefficient (Wildman–Crippen LogP) is 14.7. The fraction of sp³-hybridized carbons (Fsp3) is 0. The molecule has 0 bridgehead atoms. The third-order valence-corrected chi connectivity index (χ3v) is 12.3. The Morgan fingerprint density at radius 2 is 0.902 bits per heavy atom. The van der Waals surface area contributed by atoms with E-state index in [0.717, 1.165) is 83.1 Å². The Labute approximate surface area is 350 Å². The van der Waals surface area contributed by atoms with Gasteiger partial charge in [0.1, 0.15) is 11.2 Å². The highest BCUT2D eigenvalue weighted by atomic mass is 16.3. The van der Waals surface area contributed by atoms with E-state index in [9.17, 15) is 0 Å². The van der Waals surface area contributed by atoms with Gasteiger partial charge in [-0.25, -0.2) is 9.97 Å². The van der Waals surface area contributed by atoms with Gasteiger partial charge in [0.25, 0.3) is 0 Å². The summed E-state index contributed by atoms with van der Waals surface area (Å²) in [6.45, 7) is 0. The van der Waals surface area contributed by atoms with Crippen LogP contribution in [0.2, 0.25) is 0 Å². The van der Waals surface area contributed by atoms with E-state index < -0.39 is 0 Å². The molecular weight excluding hydrogens is 745 g/mol. The zero-order chi connectivity index (χ0) is 40.0. The van der Waals surface area contributed by atoms with E-state index >= 15 is 0 Å². The summed E-state index contributed by atoms with van der Waals surface area (Å²) in [5, 5.41) is 8.03. The van der Waals surface area contributed by atoms with Crippen molar-refractivity contribution in [3.05, 3.63) is 206 Å². The van der Waals surface area contributed by atoms with Gasteiger partial charge in [-0.05, 0) is 77.9 Å². The maximum atomic E-state index is 6.50. The number of aromatic nitrogens is 4. The monoisotopic (exact) mass is 778 g/mol. The molecule has 0 aliphatic carbocycles. The van der Waals surface area contributed by atoms with Gasteiger partial charge in [0.15, 0.2) is 5.82 Å². The Balaban J connectivity index is 1.08. The van der Waals surface area contributed by atoms with Gasteiger partial charge >= 0.3 is 0 Å². The molecule has 0 spiro atoms. The molecule has 4 heterocycles. The van der Waals surface area contributed by atoms with Crippen LogP contribution in [0.3, 0.4) is 0 Å². The predicted molar refractivity (Wildman–Crippen MR) is 252 cm³/mol. The van der Waals surface area contributed by atoms with Gasteiger partial charge in [0, 0.05) is 60.2 Å². The minimum atomic E-state index is 0.698. The van der Waals surface area contributed by atoms with E-state index in [4.69, 9.17) is 14.4 Å². The van der Waals surface area contributed by atoms with Crippen LogP contribution in [-0.2, 0) is 0 Å². The van der Waals surface area contributed by atoms with E-state index in [1.807, 2.05) is 18.2 Å². The average molecular weight is 779 g/mol. The van der Waals surface area contributed by atoms with Crippen LogP contribution < -0.4 is 0 Å². The van der Waals surface area contributed by atoms with Crippen LogP contribution in [0.25, 0.3) is 122 Å². The van der Waals surface area contributed by atoms with Crippen LogP contribution in [0.5, 0.6) is 0 Å². The fourth-order valence-electron chi connectivity index (χ4n) is 9.60. The maximum Gasteiger partial charge on any atom is 0.160 e. The van der Waals surface area contributed by atoms with Gasteiger partial charge in [0.2, 0.25) is 0 Å². The van der Waals surface area contributed by atoms with Gasteiger partial charge in [0.05, 0.1) is 33.3 Å². The van der Waals surface area contributed by atoms with Crippen LogP contribution in [-0.4, -0.2) is 19.1 Å². The van der Waals surface area contributed by atoms with Crippen molar-refractivity contribution in [1.82, 2.24) is 19.1 Å². The quantitative estimate of drug-likeness (QED) is 0.175. The second-order valence-electron chi connectivity index (χ2n) is 15.7. The molecule has 0 fully saturated rings. The molecule has 0 saturated carbocycles. The number of hydrogen-bond donors (Lipinski definition) is 0. The highest BCUT2D eigenvalue weighted by Gasteiger charge is 2.24. The first-order valence-corrected chi connectivity index (χ1v) is 20.7. The summed E-state index contributed by atoms with van der Waals surface area (Å²) in [6, 6.07) is 73.1. The van der Waals surface area contributed by atoms with Crippen LogP contribution in [0, 0.1) is 0 Å². The van der Waals surface area contributed by atoms with Crippen LogP contribution in [0.4, 0.5) is 0 Å². The molecule has 0 amide bonds. The van der Waals surface area contributed by atoms with Gasteiger partial charge < -0.3 is 13.6 Å². The lowest BCUT2D eigenvalue weighted by Gasteiger charge is -2.14. The largest absolute Gasteiger partial charge is 0.456 e. The lowest BCUT2D eigenvalue weighted by atomic mass is 10.0. The van der Waals surface area contributed by atoms with Crippen molar-refractivity contribution in [2.45, 2.75) is 0 Å². The van der Waals surface area contributed by atoms with Gasteiger partial charge in [-0.1, -0.05) is 140 Å². The molecule has 0 unspecified atom stereocenters. The third kappa shape index (κ3) is 5.08. The first kappa shape index (κ1) is 33.7. The highest BCUT2D eigenvalue weighted by Crippen LogP contribution is 2.46. The van der Waals surface area contributed by atoms with E-state index in [1.54, 1.807) is 0 Å². The SMILES string of the molecule is c1ccc(-c2ccc(-n3c4ccc5oc6ccccc6c5c4c4ccc5c6ccccc6n(-c6ccc(-c7nc(-c8ccccc8)c8ccccc8n7)cc6)c5c43)cc2)cc1. The van der Waals surface area contributed by atoms with Crippen molar-refractivity contribution in [3.63, 3.8) is 0 Å². The molecule has 0 atom stereocenters. The van der Waals surface area contributed by atoms with Gasteiger partial charge in [-0.2, -0.15) is 0 Å². The lowest BCUT2D eigenvalue weighted by Crippen LogP contribution is -1.99. The summed E-state index contributed by atoms with van der Waals surface area (Å²) >= 11 is 0. The van der Waals surface area contributed by atoms with Crippen molar-refractivity contribution in [1.29, 1.82) is 0 Å². The summed E-state index contributed by atoms with van der Waals surface area (Å²) in [5.41, 5.74) is 14.7. The van der Waals surface area contributed by atoms with Crippen molar-refractivity contribution < 1.29 is 4.42 Å². The standard InChI is InChI=1S/C56H34N4O/c1-3-13-35(14-4-1)36-23-27-40(28-24-36)60-48-33-34-50-52(44-19-9-12-22-49(44)61-50)51(48)45-32-31-42-41-17-8-11-21-47(41)59(54(42)55(45)60)39-29-25-38(26-30-39)56-57-46-20-10-7-18-43(46)53(58-56)37-15-5-2-6-16-37/h1-34H. The normalized spacial score (nSPS) is 11.9. The molecule has 5 nitrogen and oxygen atoms in total. The molecule has 0 radical (unpaired) electrons. The summed E-state index contributed by atoms with van der Waals surface area (Å²) in [5.74, 6) is 0.698. The molecular formula is C56H34N4O. The van der Waals surface area contributed by atoms with Gasteiger partial charge in [-0.3, -0.25) is 0 Å². The number of rotatable bonds is 5. The van der Waals surface area contributed by atoms with E-state index in [0.29, 0.717) is 5.82 Å². The summed E-state index contributed by atoms with van der Waals surface area (Å²) in [4.78, 5) is 10.3. The molecule has 0 saturated heterocycles. The summed E-state index contributed by atoms with van der Waals surface area (Å²) < 4.78 is 11.4. The second-order valence-corrected chi connectivity index (χ2v) is 15.7. The summed E-state index contributed by atoms with van der Waals surface area (Å²) in [7, 11) is 0. The first-order chi connectivity index (χ1) is 30.3. The first-order valence-electron chi connectivity index (χ1n) is 20.7. The van der Waals surface area contributed by atoms with Gasteiger partial charge in [-0.15, -0.1) is 0 Å². The smallest absolute Gasteiger partial charge is 0.160 e.